The van der Waals surface area contributed by atoms with Crippen molar-refractivity contribution in [2.24, 2.45) is 17.2 Å². The molecule has 0 aromatic heterocycles. The maximum absolute atomic E-state index is 9.39. The van der Waals surface area contributed by atoms with Crippen molar-refractivity contribution in [3.05, 3.63) is 106 Å². The van der Waals surface area contributed by atoms with Gasteiger partial charge in [0.1, 0.15) is 0 Å². The van der Waals surface area contributed by atoms with E-state index >= 15 is 0 Å². The maximum atomic E-state index is 9.39. The number of aliphatic hydroxyl groups is 3. The fourth-order valence-electron chi connectivity index (χ4n) is 4.81. The highest BCUT2D eigenvalue weighted by atomic mass is 16.3. The lowest BCUT2D eigenvalue weighted by Gasteiger charge is -2.07. The predicted octanol–water partition coefficient (Wildman–Crippen LogP) is 3.08. The van der Waals surface area contributed by atoms with E-state index in [9.17, 15) is 15.3 Å². The lowest BCUT2D eigenvalue weighted by atomic mass is 10.1. The average Bonchev–Trinajstić information content (AvgIpc) is 3.40. The molecular formula is C29H41N3O3. The average molecular weight is 480 g/mol. The molecule has 3 aliphatic rings. The molecule has 6 nitrogen and oxygen atoms in total. The van der Waals surface area contributed by atoms with Crippen LogP contribution in [0.1, 0.15) is 66.4 Å². The van der Waals surface area contributed by atoms with Gasteiger partial charge in [-0.25, -0.2) is 0 Å². The van der Waals surface area contributed by atoms with Crippen molar-refractivity contribution < 1.29 is 15.3 Å². The van der Waals surface area contributed by atoms with Gasteiger partial charge >= 0.3 is 0 Å². The second-order valence-corrected chi connectivity index (χ2v) is 8.99. The standard InChI is InChI=1S/3C9H11NO.2CH4/c3*10-9-7-4-2-1-3-6(7)5-8(9)11;;/h3*1-4,8-9,11H,5,10H2;2*1H4/t3*8-,9+;;/m100../s1. The third-order valence-electron chi connectivity index (χ3n) is 6.77. The summed E-state index contributed by atoms with van der Waals surface area (Å²) < 4.78 is 0. The largest absolute Gasteiger partial charge is 0.391 e. The van der Waals surface area contributed by atoms with Crippen LogP contribution in [-0.4, -0.2) is 33.6 Å². The minimum atomic E-state index is -0.382. The van der Waals surface area contributed by atoms with Gasteiger partial charge in [-0.3, -0.25) is 0 Å². The number of hydrogen-bond donors (Lipinski definition) is 6. The summed E-state index contributed by atoms with van der Waals surface area (Å²) in [5.74, 6) is 0. The molecule has 0 amide bonds. The van der Waals surface area contributed by atoms with Crippen molar-refractivity contribution >= 4 is 0 Å². The molecule has 6 atom stereocenters. The number of nitrogens with two attached hydrogens (primary N) is 3. The van der Waals surface area contributed by atoms with Gasteiger partial charge in [0.15, 0.2) is 0 Å². The summed E-state index contributed by atoms with van der Waals surface area (Å²) in [5, 5.41) is 28.2. The molecule has 0 heterocycles. The van der Waals surface area contributed by atoms with Crippen LogP contribution in [0.4, 0.5) is 0 Å². The monoisotopic (exact) mass is 479 g/mol. The molecule has 3 aromatic carbocycles. The third-order valence-corrected chi connectivity index (χ3v) is 6.77. The zero-order chi connectivity index (χ0) is 23.5. The second-order valence-electron chi connectivity index (χ2n) is 8.99. The molecule has 9 N–H and O–H groups in total. The van der Waals surface area contributed by atoms with Gasteiger partial charge in [0.25, 0.3) is 0 Å². The summed E-state index contributed by atoms with van der Waals surface area (Å²) in [6, 6.07) is 23.3. The molecule has 6 rings (SSSR count). The summed E-state index contributed by atoms with van der Waals surface area (Å²) in [6.45, 7) is 0. The van der Waals surface area contributed by atoms with Gasteiger partial charge in [0, 0.05) is 19.3 Å². The van der Waals surface area contributed by atoms with Crippen LogP contribution in [0.25, 0.3) is 0 Å². The van der Waals surface area contributed by atoms with Crippen molar-refractivity contribution in [2.45, 2.75) is 70.6 Å². The topological polar surface area (TPSA) is 139 Å². The first kappa shape index (κ1) is 28.7. The van der Waals surface area contributed by atoms with Crippen molar-refractivity contribution in [1.29, 1.82) is 0 Å². The van der Waals surface area contributed by atoms with Crippen LogP contribution in [0, 0.1) is 0 Å². The Morgan fingerprint density at radius 1 is 0.457 bits per heavy atom. The highest BCUT2D eigenvalue weighted by Crippen LogP contribution is 2.30. The maximum Gasteiger partial charge on any atom is 0.0773 e. The van der Waals surface area contributed by atoms with Gasteiger partial charge < -0.3 is 32.5 Å². The first-order valence-electron chi connectivity index (χ1n) is 11.4. The van der Waals surface area contributed by atoms with Gasteiger partial charge in [0.05, 0.1) is 36.4 Å². The Morgan fingerprint density at radius 2 is 0.686 bits per heavy atom. The Balaban J connectivity index is 0.000000180. The summed E-state index contributed by atoms with van der Waals surface area (Å²) in [6.07, 6.45) is 0.971. The fraction of sp³-hybridized carbons (Fsp3) is 0.379. The summed E-state index contributed by atoms with van der Waals surface area (Å²) in [4.78, 5) is 0. The molecule has 0 unspecified atom stereocenters. The van der Waals surface area contributed by atoms with Gasteiger partial charge in [0.2, 0.25) is 0 Å². The molecule has 3 aliphatic carbocycles. The van der Waals surface area contributed by atoms with Crippen molar-refractivity contribution in [3.63, 3.8) is 0 Å². The quantitative estimate of drug-likeness (QED) is 0.293. The Hall–Kier alpha value is -2.58. The minimum absolute atomic E-state index is 0. The molecule has 190 valence electrons. The molecule has 0 saturated carbocycles. The molecular weight excluding hydrogens is 438 g/mol. The number of rotatable bonds is 0. The number of aliphatic hydroxyl groups excluding tert-OH is 3. The van der Waals surface area contributed by atoms with Gasteiger partial charge in [-0.2, -0.15) is 0 Å². The predicted molar refractivity (Wildman–Crippen MR) is 143 cm³/mol. The van der Waals surface area contributed by atoms with Crippen LogP contribution in [0.15, 0.2) is 72.8 Å². The molecule has 0 spiro atoms. The van der Waals surface area contributed by atoms with E-state index in [0.717, 1.165) is 16.7 Å². The molecule has 0 bridgehead atoms. The highest BCUT2D eigenvalue weighted by Gasteiger charge is 2.28. The molecule has 0 aliphatic heterocycles. The van der Waals surface area contributed by atoms with E-state index in [1.54, 1.807) is 0 Å². The first-order valence-corrected chi connectivity index (χ1v) is 11.4. The van der Waals surface area contributed by atoms with E-state index in [4.69, 9.17) is 17.2 Å². The molecule has 0 radical (unpaired) electrons. The van der Waals surface area contributed by atoms with Crippen LogP contribution in [0.2, 0.25) is 0 Å². The highest BCUT2D eigenvalue weighted by molar-refractivity contribution is 5.37. The first-order chi connectivity index (χ1) is 15.9. The van der Waals surface area contributed by atoms with Gasteiger partial charge in [-0.05, 0) is 33.4 Å². The lowest BCUT2D eigenvalue weighted by molar-refractivity contribution is 0.158. The Bertz CT molecular complexity index is 953. The molecule has 3 aromatic rings. The molecule has 6 heteroatoms. The number of benzene rings is 3. The summed E-state index contributed by atoms with van der Waals surface area (Å²) >= 11 is 0. The molecule has 0 saturated heterocycles. The fourth-order valence-corrected chi connectivity index (χ4v) is 4.81. The zero-order valence-electron chi connectivity index (χ0n) is 18.6. The van der Waals surface area contributed by atoms with Crippen LogP contribution >= 0.6 is 0 Å². The van der Waals surface area contributed by atoms with Crippen LogP contribution in [0.5, 0.6) is 0 Å². The van der Waals surface area contributed by atoms with E-state index in [2.05, 4.69) is 0 Å². The van der Waals surface area contributed by atoms with Crippen molar-refractivity contribution in [1.82, 2.24) is 0 Å². The number of fused-ring (bicyclic) bond motifs is 3. The third kappa shape index (κ3) is 6.16. The van der Waals surface area contributed by atoms with E-state index < -0.39 is 0 Å². The van der Waals surface area contributed by atoms with Crippen LogP contribution in [0.3, 0.4) is 0 Å². The van der Waals surface area contributed by atoms with Crippen molar-refractivity contribution in [3.8, 4) is 0 Å². The second kappa shape index (κ2) is 12.4. The molecule has 0 fully saturated rings. The molecule has 35 heavy (non-hydrogen) atoms. The zero-order valence-corrected chi connectivity index (χ0v) is 18.6. The summed E-state index contributed by atoms with van der Waals surface area (Å²) in [5.41, 5.74) is 24.1. The van der Waals surface area contributed by atoms with Gasteiger partial charge in [-0.15, -0.1) is 0 Å². The normalized spacial score (nSPS) is 26.9. The lowest BCUT2D eigenvalue weighted by Crippen LogP contribution is -2.21. The minimum Gasteiger partial charge on any atom is -0.391 e. The SMILES string of the molecule is C.C.N[C@@H]1c2ccccc2C[C@@H]1O.N[C@@H]1c2ccccc2C[C@@H]1O.N[C@H]1c2ccccc2C[C@H]1O. The van der Waals surface area contributed by atoms with E-state index in [0.29, 0.717) is 19.3 Å². The Morgan fingerprint density at radius 3 is 0.914 bits per heavy atom. The van der Waals surface area contributed by atoms with Crippen LogP contribution in [-0.2, 0) is 19.3 Å². The Kier molecular flexibility index (Phi) is 10.2. The van der Waals surface area contributed by atoms with Crippen molar-refractivity contribution in [2.75, 3.05) is 0 Å². The van der Waals surface area contributed by atoms with Gasteiger partial charge in [-0.1, -0.05) is 87.6 Å². The van der Waals surface area contributed by atoms with E-state index in [-0.39, 0.29) is 51.3 Å². The Labute approximate surface area is 209 Å². The van der Waals surface area contributed by atoms with E-state index in [1.165, 1.54) is 16.7 Å². The smallest absolute Gasteiger partial charge is 0.0773 e. The summed E-state index contributed by atoms with van der Waals surface area (Å²) in [7, 11) is 0. The van der Waals surface area contributed by atoms with E-state index in [1.807, 2.05) is 72.8 Å². The van der Waals surface area contributed by atoms with Crippen LogP contribution < -0.4 is 17.2 Å². The number of hydrogen-bond acceptors (Lipinski definition) is 6.